The average Bonchev–Trinajstić information content (AvgIpc) is 2.79. The summed E-state index contributed by atoms with van der Waals surface area (Å²) in [5.74, 6) is -0.907. The third-order valence-electron chi connectivity index (χ3n) is 2.99. The predicted molar refractivity (Wildman–Crippen MR) is 65.8 cm³/mol. The molecule has 108 valence electrons. The Morgan fingerprint density at radius 3 is 2.60 bits per heavy atom. The molecule has 20 heavy (non-hydrogen) atoms. The number of carbonyl (C=O) groups is 1. The second kappa shape index (κ2) is 5.07. The van der Waals surface area contributed by atoms with E-state index in [9.17, 15) is 18.0 Å². The maximum absolute atomic E-state index is 13.1. The van der Waals surface area contributed by atoms with Gasteiger partial charge in [0.05, 0.1) is 11.8 Å². The lowest BCUT2D eigenvalue weighted by atomic mass is 10.00. The van der Waals surface area contributed by atoms with Crippen LogP contribution in [0.1, 0.15) is 40.3 Å². The van der Waals surface area contributed by atoms with Crippen LogP contribution in [0.15, 0.2) is 24.5 Å². The molecule has 2 heterocycles. The summed E-state index contributed by atoms with van der Waals surface area (Å²) in [5, 5.41) is 0. The van der Waals surface area contributed by atoms with Gasteiger partial charge in [0, 0.05) is 11.3 Å². The topological polar surface area (TPSA) is 68.1 Å². The van der Waals surface area contributed by atoms with Crippen LogP contribution in [0.4, 0.5) is 13.2 Å². The summed E-state index contributed by atoms with van der Waals surface area (Å²) in [6.45, 7) is 1.64. The first-order chi connectivity index (χ1) is 9.36. The highest BCUT2D eigenvalue weighted by Crippen LogP contribution is 2.39. The van der Waals surface area contributed by atoms with E-state index in [0.717, 1.165) is 0 Å². The van der Waals surface area contributed by atoms with Crippen molar-refractivity contribution in [2.45, 2.75) is 25.6 Å². The number of ether oxygens (including phenoxy) is 1. The first kappa shape index (κ1) is 14.2. The molecule has 1 amide bonds. The lowest BCUT2D eigenvalue weighted by molar-refractivity contribution is -0.142. The van der Waals surface area contributed by atoms with Crippen LogP contribution < -0.4 is 5.73 Å². The Balaban J connectivity index is 2.66. The van der Waals surface area contributed by atoms with E-state index in [0.29, 0.717) is 0 Å². The van der Waals surface area contributed by atoms with E-state index in [2.05, 4.69) is 4.98 Å². The molecule has 3 N–H and O–H groups in total. The minimum absolute atomic E-state index is 0.148. The Labute approximate surface area is 113 Å². The first-order valence-electron chi connectivity index (χ1n) is 5.96. The quantitative estimate of drug-likeness (QED) is 0.897. The van der Waals surface area contributed by atoms with Crippen molar-refractivity contribution in [2.75, 3.05) is 0 Å². The Morgan fingerprint density at radius 1 is 1.45 bits per heavy atom. The zero-order valence-corrected chi connectivity index (χ0v) is 10.6. The summed E-state index contributed by atoms with van der Waals surface area (Å²) in [4.78, 5) is 13.8. The monoisotopic (exact) mass is 286 g/mol. The number of primary amides is 1. The average molecular weight is 286 g/mol. The van der Waals surface area contributed by atoms with Crippen LogP contribution in [-0.2, 0) is 17.3 Å². The number of aromatic amines is 1. The molecule has 1 aliphatic rings. The van der Waals surface area contributed by atoms with Gasteiger partial charge in [0.25, 0.3) is 5.91 Å². The zero-order chi connectivity index (χ0) is 14.9. The van der Waals surface area contributed by atoms with Crippen LogP contribution in [0.25, 0.3) is 0 Å². The Kier molecular flexibility index (Phi) is 3.61. The number of carbonyl (C=O) groups excluding carboxylic acids is 1. The second-order valence-corrected chi connectivity index (χ2v) is 4.25. The normalized spacial score (nSPS) is 18.1. The van der Waals surface area contributed by atoms with Crippen LogP contribution >= 0.6 is 0 Å². The van der Waals surface area contributed by atoms with Gasteiger partial charge in [-0.1, -0.05) is 13.0 Å². The minimum atomic E-state index is -4.62. The van der Waals surface area contributed by atoms with Crippen LogP contribution in [0.2, 0.25) is 0 Å². The summed E-state index contributed by atoms with van der Waals surface area (Å²) < 4.78 is 44.5. The number of rotatable bonds is 3. The van der Waals surface area contributed by atoms with Crippen molar-refractivity contribution in [3.8, 4) is 0 Å². The molecule has 1 aromatic heterocycles. The fourth-order valence-electron chi connectivity index (χ4n) is 2.17. The lowest BCUT2D eigenvalue weighted by Gasteiger charge is -2.18. The standard InChI is InChI=1S/C13H13F3N2O2/c1-2-7-9(12(17)19)10(8-5-3-4-6-20-8)11(18-7)13(14,15)16/h3-6,8,18H,2H2,1H3,(H2,17,19). The Hall–Kier alpha value is -2.18. The molecule has 1 aliphatic heterocycles. The molecule has 0 saturated heterocycles. The first-order valence-corrected chi connectivity index (χ1v) is 5.96. The number of hydrogen-bond donors (Lipinski definition) is 2. The minimum Gasteiger partial charge on any atom is -0.489 e. The predicted octanol–water partition coefficient (Wildman–Crippen LogP) is 2.84. The summed E-state index contributed by atoms with van der Waals surface area (Å²) in [6.07, 6.45) is 0.423. The summed E-state index contributed by atoms with van der Waals surface area (Å²) in [7, 11) is 0. The fourth-order valence-corrected chi connectivity index (χ4v) is 2.17. The van der Waals surface area contributed by atoms with Gasteiger partial charge in [0.1, 0.15) is 11.8 Å². The van der Waals surface area contributed by atoms with Crippen LogP contribution in [0.3, 0.4) is 0 Å². The van der Waals surface area contributed by atoms with Crippen molar-refractivity contribution < 1.29 is 22.7 Å². The van der Waals surface area contributed by atoms with Crippen molar-refractivity contribution in [2.24, 2.45) is 5.73 Å². The molecule has 1 unspecified atom stereocenters. The molecule has 0 saturated carbocycles. The molecule has 0 radical (unpaired) electrons. The van der Waals surface area contributed by atoms with Crippen molar-refractivity contribution in [1.29, 1.82) is 0 Å². The number of aryl methyl sites for hydroxylation is 1. The molecule has 7 heteroatoms. The molecule has 1 atom stereocenters. The highest BCUT2D eigenvalue weighted by atomic mass is 19.4. The summed E-state index contributed by atoms with van der Waals surface area (Å²) >= 11 is 0. The molecule has 0 spiro atoms. The molecule has 0 fully saturated rings. The SMILES string of the molecule is CCc1[nH]c(C(F)(F)F)c(C2C=CC=CO2)c1C(N)=O. The molecule has 2 rings (SSSR count). The second-order valence-electron chi connectivity index (χ2n) is 4.25. The number of hydrogen-bond acceptors (Lipinski definition) is 2. The smallest absolute Gasteiger partial charge is 0.431 e. The number of halogens is 3. The fraction of sp³-hybridized carbons (Fsp3) is 0.308. The highest BCUT2D eigenvalue weighted by Gasteiger charge is 2.41. The third-order valence-corrected chi connectivity index (χ3v) is 2.99. The van der Waals surface area contributed by atoms with Gasteiger partial charge in [0.2, 0.25) is 0 Å². The Morgan fingerprint density at radius 2 is 2.15 bits per heavy atom. The van der Waals surface area contributed by atoms with Crippen molar-refractivity contribution >= 4 is 5.91 Å². The Bertz CT molecular complexity index is 585. The maximum atomic E-state index is 13.1. The molecular formula is C13H13F3N2O2. The maximum Gasteiger partial charge on any atom is 0.431 e. The molecular weight excluding hydrogens is 273 g/mol. The summed E-state index contributed by atoms with van der Waals surface area (Å²) in [5.41, 5.74) is 3.99. The van der Waals surface area contributed by atoms with E-state index in [4.69, 9.17) is 10.5 Å². The number of aromatic nitrogens is 1. The van der Waals surface area contributed by atoms with Gasteiger partial charge >= 0.3 is 6.18 Å². The van der Waals surface area contributed by atoms with E-state index < -0.39 is 23.9 Å². The van der Waals surface area contributed by atoms with Gasteiger partial charge in [-0.05, 0) is 18.6 Å². The number of nitrogens with one attached hydrogen (secondary N) is 1. The molecule has 0 bridgehead atoms. The van der Waals surface area contributed by atoms with Crippen molar-refractivity contribution in [3.05, 3.63) is 47.0 Å². The van der Waals surface area contributed by atoms with Crippen LogP contribution in [0, 0.1) is 0 Å². The molecule has 1 aromatic rings. The van der Waals surface area contributed by atoms with Crippen LogP contribution in [-0.4, -0.2) is 10.9 Å². The third kappa shape index (κ3) is 2.43. The number of nitrogens with two attached hydrogens (primary N) is 1. The molecule has 0 aromatic carbocycles. The highest BCUT2D eigenvalue weighted by molar-refractivity contribution is 5.96. The molecule has 4 nitrogen and oxygen atoms in total. The van der Waals surface area contributed by atoms with E-state index in [1.54, 1.807) is 19.1 Å². The van der Waals surface area contributed by atoms with E-state index >= 15 is 0 Å². The van der Waals surface area contributed by atoms with E-state index in [1.807, 2.05) is 0 Å². The lowest BCUT2D eigenvalue weighted by Crippen LogP contribution is -2.18. The number of amides is 1. The van der Waals surface area contributed by atoms with Crippen LogP contribution in [0.5, 0.6) is 0 Å². The van der Waals surface area contributed by atoms with Gasteiger partial charge in [-0.2, -0.15) is 13.2 Å². The largest absolute Gasteiger partial charge is 0.489 e. The van der Waals surface area contributed by atoms with Crippen molar-refractivity contribution in [1.82, 2.24) is 4.98 Å². The van der Waals surface area contributed by atoms with Gasteiger partial charge in [-0.15, -0.1) is 0 Å². The van der Waals surface area contributed by atoms with Gasteiger partial charge in [-0.3, -0.25) is 4.79 Å². The van der Waals surface area contributed by atoms with Gasteiger partial charge in [0.15, 0.2) is 0 Å². The molecule has 0 aliphatic carbocycles. The number of alkyl halides is 3. The van der Waals surface area contributed by atoms with E-state index in [1.165, 1.54) is 12.3 Å². The van der Waals surface area contributed by atoms with Gasteiger partial charge in [-0.25, -0.2) is 0 Å². The van der Waals surface area contributed by atoms with E-state index in [-0.39, 0.29) is 23.2 Å². The number of allylic oxidation sites excluding steroid dienone is 2. The summed E-state index contributed by atoms with van der Waals surface area (Å²) in [6, 6.07) is 0. The van der Waals surface area contributed by atoms with Crippen molar-refractivity contribution in [3.63, 3.8) is 0 Å². The zero-order valence-electron chi connectivity index (χ0n) is 10.6. The number of H-pyrrole nitrogens is 1. The van der Waals surface area contributed by atoms with Gasteiger partial charge < -0.3 is 15.5 Å².